The maximum atomic E-state index is 13.7. The summed E-state index contributed by atoms with van der Waals surface area (Å²) in [4.78, 5) is 27.3. The number of nitrogens with one attached hydrogen (secondary N) is 2. The van der Waals surface area contributed by atoms with Crippen molar-refractivity contribution in [2.24, 2.45) is 0 Å². The Morgan fingerprint density at radius 3 is 2.82 bits per heavy atom. The van der Waals surface area contributed by atoms with Crippen LogP contribution in [0.3, 0.4) is 0 Å². The normalized spacial score (nSPS) is 16.8. The monoisotopic (exact) mass is 445 g/mol. The number of anilines is 1. The lowest BCUT2D eigenvalue weighted by molar-refractivity contribution is -0.110. The molecule has 2 aromatic carbocycles. The number of rotatable bonds is 6. The van der Waals surface area contributed by atoms with Crippen LogP contribution in [0.2, 0.25) is 0 Å². The van der Waals surface area contributed by atoms with Crippen molar-refractivity contribution in [1.29, 1.82) is 0 Å². The van der Waals surface area contributed by atoms with E-state index in [0.717, 1.165) is 30.8 Å². The third kappa shape index (κ3) is 4.59. The number of fused-ring (bicyclic) bond motifs is 1. The highest BCUT2D eigenvalue weighted by Gasteiger charge is 2.25. The molecule has 0 spiro atoms. The minimum atomic E-state index is -0.410. The predicted molar refractivity (Wildman–Crippen MR) is 125 cm³/mol. The molecule has 168 valence electrons. The minimum absolute atomic E-state index is 0.108. The Kier molecular flexibility index (Phi) is 5.79. The molecule has 0 bridgehead atoms. The van der Waals surface area contributed by atoms with Crippen LogP contribution >= 0.6 is 0 Å². The molecule has 2 amide bonds. The molecule has 2 N–H and O–H groups in total. The van der Waals surface area contributed by atoms with Crippen molar-refractivity contribution in [2.75, 3.05) is 31.5 Å². The molecule has 0 aliphatic carbocycles. The Hall–Kier alpha value is -3.71. The third-order valence-corrected chi connectivity index (χ3v) is 6.04. The van der Waals surface area contributed by atoms with Gasteiger partial charge in [0.2, 0.25) is 0 Å². The first-order chi connectivity index (χ1) is 16.1. The summed E-state index contributed by atoms with van der Waals surface area (Å²) in [6.07, 6.45) is 5.63. The molecule has 0 unspecified atom stereocenters. The summed E-state index contributed by atoms with van der Waals surface area (Å²) < 4.78 is 19.3. The second-order valence-corrected chi connectivity index (χ2v) is 8.33. The van der Waals surface area contributed by atoms with Gasteiger partial charge in [0, 0.05) is 35.5 Å². The molecule has 1 fully saturated rings. The molecule has 7 heteroatoms. The van der Waals surface area contributed by atoms with Crippen molar-refractivity contribution in [1.82, 2.24) is 10.2 Å². The van der Waals surface area contributed by atoms with Crippen LogP contribution in [0.25, 0.3) is 22.8 Å². The van der Waals surface area contributed by atoms with E-state index in [9.17, 15) is 14.0 Å². The second-order valence-electron chi connectivity index (χ2n) is 8.33. The fraction of sp³-hybridized carbons (Fsp3) is 0.231. The average Bonchev–Trinajstić information content (AvgIpc) is 3.56. The quantitative estimate of drug-likeness (QED) is 0.552. The Morgan fingerprint density at radius 1 is 1.12 bits per heavy atom. The van der Waals surface area contributed by atoms with Crippen LogP contribution in [-0.2, 0) is 4.79 Å². The maximum Gasteiger partial charge on any atom is 0.256 e. The van der Waals surface area contributed by atoms with Crippen LogP contribution in [0.4, 0.5) is 10.1 Å². The van der Waals surface area contributed by atoms with E-state index in [1.54, 1.807) is 30.5 Å². The molecule has 2 aliphatic rings. The topological polar surface area (TPSA) is 74.6 Å². The van der Waals surface area contributed by atoms with Gasteiger partial charge in [-0.25, -0.2) is 4.39 Å². The van der Waals surface area contributed by atoms with Crippen LogP contribution in [-0.4, -0.2) is 42.9 Å². The molecule has 3 heterocycles. The van der Waals surface area contributed by atoms with Gasteiger partial charge < -0.3 is 20.0 Å². The molecule has 6 nitrogen and oxygen atoms in total. The van der Waals surface area contributed by atoms with Gasteiger partial charge in [-0.15, -0.1) is 0 Å². The molecule has 0 radical (unpaired) electrons. The number of halogens is 1. The zero-order valence-corrected chi connectivity index (χ0v) is 18.1. The first-order valence-electron chi connectivity index (χ1n) is 11.1. The molecule has 0 saturated carbocycles. The number of furan rings is 1. The van der Waals surface area contributed by atoms with Gasteiger partial charge in [-0.2, -0.15) is 0 Å². The summed E-state index contributed by atoms with van der Waals surface area (Å²) in [5.74, 6) is -0.358. The van der Waals surface area contributed by atoms with Gasteiger partial charge in [0.1, 0.15) is 11.6 Å². The van der Waals surface area contributed by atoms with E-state index in [2.05, 4.69) is 15.5 Å². The molecular formula is C26H24FN3O3. The summed E-state index contributed by atoms with van der Waals surface area (Å²) >= 11 is 0. The highest BCUT2D eigenvalue weighted by atomic mass is 19.1. The second kappa shape index (κ2) is 9.03. The van der Waals surface area contributed by atoms with Crippen molar-refractivity contribution in [3.05, 3.63) is 77.5 Å². The summed E-state index contributed by atoms with van der Waals surface area (Å²) in [5, 5.41) is 5.71. The van der Waals surface area contributed by atoms with Crippen LogP contribution in [0.1, 0.15) is 34.5 Å². The van der Waals surface area contributed by atoms with Gasteiger partial charge in [-0.1, -0.05) is 12.1 Å². The lowest BCUT2D eigenvalue weighted by Crippen LogP contribution is -2.33. The Morgan fingerprint density at radius 2 is 1.97 bits per heavy atom. The minimum Gasteiger partial charge on any atom is -0.464 e. The number of hydrogen-bond donors (Lipinski definition) is 2. The van der Waals surface area contributed by atoms with E-state index in [0.29, 0.717) is 34.7 Å². The zero-order chi connectivity index (χ0) is 22.8. The molecule has 1 saturated heterocycles. The molecule has 2 aliphatic heterocycles. The first kappa shape index (κ1) is 21.2. The van der Waals surface area contributed by atoms with Crippen molar-refractivity contribution in [3.63, 3.8) is 0 Å². The Balaban J connectivity index is 1.30. The number of hydrogen-bond acceptors (Lipinski definition) is 4. The van der Waals surface area contributed by atoms with E-state index in [1.165, 1.54) is 25.0 Å². The Bertz CT molecular complexity index is 1240. The molecule has 1 aromatic heterocycles. The highest BCUT2D eigenvalue weighted by Crippen LogP contribution is 2.34. The van der Waals surface area contributed by atoms with Gasteiger partial charge in [-0.3, -0.25) is 9.59 Å². The maximum absolute atomic E-state index is 13.7. The molecule has 5 rings (SSSR count). The van der Waals surface area contributed by atoms with Gasteiger partial charge in [0.15, 0.2) is 0 Å². The third-order valence-electron chi connectivity index (χ3n) is 6.04. The SMILES string of the molecule is O=C1Nc2ccc(F)cc2C1=Cc1cc(-c2cccc(C(=O)NCCN3CCCC3)c2)co1. The standard InChI is InChI=1S/C26H24FN3O3/c27-20-6-7-24-22(14-20)23(26(32)29-24)15-21-13-19(16-33-21)17-4-3-5-18(12-17)25(31)28-8-11-30-9-1-2-10-30/h3-7,12-16H,1-2,8-11H2,(H,28,31)(H,29,32). The lowest BCUT2D eigenvalue weighted by atomic mass is 10.0. The van der Waals surface area contributed by atoms with Crippen molar-refractivity contribution < 1.29 is 18.4 Å². The van der Waals surface area contributed by atoms with Gasteiger partial charge in [-0.05, 0) is 74.0 Å². The highest BCUT2D eigenvalue weighted by molar-refractivity contribution is 6.34. The van der Waals surface area contributed by atoms with Gasteiger partial charge >= 0.3 is 0 Å². The zero-order valence-electron chi connectivity index (χ0n) is 18.1. The molecule has 33 heavy (non-hydrogen) atoms. The molecule has 0 atom stereocenters. The summed E-state index contributed by atoms with van der Waals surface area (Å²) in [6, 6.07) is 13.3. The van der Waals surface area contributed by atoms with Crippen LogP contribution < -0.4 is 10.6 Å². The van der Waals surface area contributed by atoms with E-state index >= 15 is 0 Å². The van der Waals surface area contributed by atoms with Gasteiger partial charge in [0.25, 0.3) is 11.8 Å². The van der Waals surface area contributed by atoms with Crippen LogP contribution in [0.5, 0.6) is 0 Å². The average molecular weight is 445 g/mol. The predicted octanol–water partition coefficient (Wildman–Crippen LogP) is 4.40. The summed E-state index contributed by atoms with van der Waals surface area (Å²) in [5.41, 5.74) is 3.61. The van der Waals surface area contributed by atoms with E-state index < -0.39 is 5.82 Å². The van der Waals surface area contributed by atoms with Gasteiger partial charge in [0.05, 0.1) is 11.8 Å². The number of nitrogens with zero attached hydrogens (tertiary/aromatic N) is 1. The number of likely N-dealkylation sites (tertiary alicyclic amines) is 1. The van der Waals surface area contributed by atoms with Crippen molar-refractivity contribution in [3.8, 4) is 11.1 Å². The largest absolute Gasteiger partial charge is 0.464 e. The molecule has 3 aromatic rings. The van der Waals surface area contributed by atoms with E-state index in [-0.39, 0.29) is 11.8 Å². The summed E-state index contributed by atoms with van der Waals surface area (Å²) in [7, 11) is 0. The first-order valence-corrected chi connectivity index (χ1v) is 11.1. The number of carbonyl (C=O) groups excluding carboxylic acids is 2. The van der Waals surface area contributed by atoms with E-state index in [1.807, 2.05) is 18.2 Å². The fourth-order valence-electron chi connectivity index (χ4n) is 4.30. The fourth-order valence-corrected chi connectivity index (χ4v) is 4.30. The Labute approximate surface area is 191 Å². The molecular weight excluding hydrogens is 421 g/mol. The number of amides is 2. The number of carbonyl (C=O) groups is 2. The van der Waals surface area contributed by atoms with Crippen molar-refractivity contribution >= 4 is 29.2 Å². The van der Waals surface area contributed by atoms with Crippen molar-refractivity contribution in [2.45, 2.75) is 12.8 Å². The van der Waals surface area contributed by atoms with Crippen LogP contribution in [0, 0.1) is 5.82 Å². The van der Waals surface area contributed by atoms with Crippen LogP contribution in [0.15, 0.2) is 59.2 Å². The summed E-state index contributed by atoms with van der Waals surface area (Å²) in [6.45, 7) is 3.70. The smallest absolute Gasteiger partial charge is 0.256 e. The number of benzene rings is 2. The van der Waals surface area contributed by atoms with E-state index in [4.69, 9.17) is 4.42 Å². The lowest BCUT2D eigenvalue weighted by Gasteiger charge is -2.14.